The Hall–Kier alpha value is -4.25. The second kappa shape index (κ2) is 10.8. The van der Waals surface area contributed by atoms with Crippen LogP contribution in [0, 0.1) is 0 Å². The summed E-state index contributed by atoms with van der Waals surface area (Å²) in [5.74, 6) is 2.14. The van der Waals surface area contributed by atoms with E-state index in [1.54, 1.807) is 43.6 Å². The van der Waals surface area contributed by atoms with E-state index >= 15 is 0 Å². The molecule has 4 aromatic rings. The van der Waals surface area contributed by atoms with Crippen molar-refractivity contribution in [3.05, 3.63) is 54.6 Å². The molecule has 3 heterocycles. The summed E-state index contributed by atoms with van der Waals surface area (Å²) in [4.78, 5) is 21.1. The number of fused-ring (bicyclic) bond motifs is 1. The molecule has 1 atom stereocenters. The quantitative estimate of drug-likeness (QED) is 0.361. The monoisotopic (exact) mass is 504 g/mol. The van der Waals surface area contributed by atoms with Crippen LogP contribution in [0.2, 0.25) is 0 Å². The van der Waals surface area contributed by atoms with Gasteiger partial charge in [-0.15, -0.1) is 5.10 Å². The zero-order chi connectivity index (χ0) is 25.8. The maximum absolute atomic E-state index is 12.4. The number of aromatic nitrogens is 5. The molecule has 192 valence electrons. The first kappa shape index (κ1) is 24.4. The van der Waals surface area contributed by atoms with Crippen LogP contribution < -0.4 is 19.5 Å². The molecule has 0 radical (unpaired) electrons. The van der Waals surface area contributed by atoms with E-state index in [-0.39, 0.29) is 24.5 Å². The molecule has 11 nitrogen and oxygen atoms in total. The van der Waals surface area contributed by atoms with Crippen molar-refractivity contribution in [2.24, 2.45) is 0 Å². The molecule has 1 fully saturated rings. The summed E-state index contributed by atoms with van der Waals surface area (Å²) in [6.45, 7) is 5.36. The highest BCUT2D eigenvalue weighted by atomic mass is 16.6. The summed E-state index contributed by atoms with van der Waals surface area (Å²) < 4.78 is 24.6. The van der Waals surface area contributed by atoms with Gasteiger partial charge in [0.05, 0.1) is 36.9 Å². The largest absolute Gasteiger partial charge is 0.493 e. The molecule has 2 aromatic heterocycles. The van der Waals surface area contributed by atoms with Gasteiger partial charge in [0.2, 0.25) is 11.8 Å². The molecular weight excluding hydrogens is 476 g/mol. The summed E-state index contributed by atoms with van der Waals surface area (Å²) in [7, 11) is 1.59. The molecule has 0 aliphatic carbocycles. The Labute approximate surface area is 213 Å². The van der Waals surface area contributed by atoms with Crippen LogP contribution in [-0.2, 0) is 16.1 Å². The highest BCUT2D eigenvalue weighted by Gasteiger charge is 2.20. The summed E-state index contributed by atoms with van der Waals surface area (Å²) in [6.07, 6.45) is 4.03. The lowest BCUT2D eigenvalue weighted by Gasteiger charge is -2.16. The molecule has 1 saturated heterocycles. The fraction of sp³-hybridized carbons (Fsp3) is 0.346. The Morgan fingerprint density at radius 3 is 2.73 bits per heavy atom. The zero-order valence-electron chi connectivity index (χ0n) is 20.9. The summed E-state index contributed by atoms with van der Waals surface area (Å²) in [5.41, 5.74) is 2.14. The summed E-state index contributed by atoms with van der Waals surface area (Å²) in [6, 6.07) is 10.6. The van der Waals surface area contributed by atoms with E-state index in [4.69, 9.17) is 18.9 Å². The van der Waals surface area contributed by atoms with Gasteiger partial charge in [-0.1, -0.05) is 19.1 Å². The van der Waals surface area contributed by atoms with Crippen LogP contribution in [0.15, 0.2) is 48.9 Å². The van der Waals surface area contributed by atoms with Gasteiger partial charge in [-0.25, -0.2) is 14.6 Å². The van der Waals surface area contributed by atoms with Crippen molar-refractivity contribution < 1.29 is 23.7 Å². The number of rotatable bonds is 9. The van der Waals surface area contributed by atoms with Crippen LogP contribution in [0.3, 0.4) is 0 Å². The number of anilines is 1. The van der Waals surface area contributed by atoms with Crippen molar-refractivity contribution in [1.29, 1.82) is 0 Å². The van der Waals surface area contributed by atoms with E-state index < -0.39 is 0 Å². The predicted octanol–water partition coefficient (Wildman–Crippen LogP) is 3.95. The second-order valence-corrected chi connectivity index (χ2v) is 8.97. The number of hydrogen-bond donors (Lipinski definition) is 1. The number of carbonyl (C=O) groups excluding carboxylic acids is 1. The molecular formula is C26H28N6O5. The van der Waals surface area contributed by atoms with Crippen molar-refractivity contribution in [2.45, 2.75) is 38.8 Å². The highest BCUT2D eigenvalue weighted by Crippen LogP contribution is 2.37. The molecule has 0 bridgehead atoms. The number of benzene rings is 2. The maximum atomic E-state index is 12.4. The third-order valence-electron chi connectivity index (χ3n) is 5.87. The SMILES string of the molecule is COc1cc2c(Oc3ccc(NC(=O)Cn4cc(C(C)C)nn4)cc3)ncnc2cc1OC1CCOC1. The van der Waals surface area contributed by atoms with E-state index in [1.165, 1.54) is 11.0 Å². The van der Waals surface area contributed by atoms with Gasteiger partial charge in [0.1, 0.15) is 24.7 Å². The molecule has 0 spiro atoms. The highest BCUT2D eigenvalue weighted by molar-refractivity contribution is 5.90. The van der Waals surface area contributed by atoms with E-state index in [1.807, 2.05) is 19.9 Å². The number of nitrogens with zero attached hydrogens (tertiary/aromatic N) is 5. The Kier molecular flexibility index (Phi) is 7.13. The van der Waals surface area contributed by atoms with Gasteiger partial charge in [0.15, 0.2) is 11.5 Å². The predicted molar refractivity (Wildman–Crippen MR) is 135 cm³/mol. The van der Waals surface area contributed by atoms with Crippen molar-refractivity contribution in [3.8, 4) is 23.1 Å². The van der Waals surface area contributed by atoms with E-state index in [0.29, 0.717) is 52.9 Å². The van der Waals surface area contributed by atoms with Gasteiger partial charge in [-0.3, -0.25) is 4.79 Å². The lowest BCUT2D eigenvalue weighted by molar-refractivity contribution is -0.116. The van der Waals surface area contributed by atoms with Crippen LogP contribution in [-0.4, -0.2) is 57.3 Å². The first-order chi connectivity index (χ1) is 18.0. The Morgan fingerprint density at radius 1 is 1.19 bits per heavy atom. The van der Waals surface area contributed by atoms with Crippen molar-refractivity contribution in [1.82, 2.24) is 25.0 Å². The van der Waals surface area contributed by atoms with E-state index in [2.05, 4.69) is 25.6 Å². The molecule has 1 unspecified atom stereocenters. The molecule has 37 heavy (non-hydrogen) atoms. The van der Waals surface area contributed by atoms with Gasteiger partial charge >= 0.3 is 0 Å². The number of hydrogen-bond acceptors (Lipinski definition) is 9. The first-order valence-corrected chi connectivity index (χ1v) is 12.0. The van der Waals surface area contributed by atoms with Crippen molar-refractivity contribution in [2.75, 3.05) is 25.6 Å². The van der Waals surface area contributed by atoms with Crippen molar-refractivity contribution >= 4 is 22.5 Å². The normalized spacial score (nSPS) is 15.2. The Bertz CT molecular complexity index is 1380. The molecule has 11 heteroatoms. The Morgan fingerprint density at radius 2 is 2.03 bits per heavy atom. The van der Waals surface area contributed by atoms with Crippen LogP contribution in [0.4, 0.5) is 5.69 Å². The lowest BCUT2D eigenvalue weighted by atomic mass is 10.2. The van der Waals surface area contributed by atoms with Gasteiger partial charge < -0.3 is 24.3 Å². The van der Waals surface area contributed by atoms with Crippen LogP contribution in [0.5, 0.6) is 23.1 Å². The minimum Gasteiger partial charge on any atom is -0.493 e. The average Bonchev–Trinajstić information content (AvgIpc) is 3.57. The van der Waals surface area contributed by atoms with Crippen molar-refractivity contribution in [3.63, 3.8) is 0 Å². The Balaban J connectivity index is 1.27. The fourth-order valence-corrected chi connectivity index (χ4v) is 3.88. The minimum atomic E-state index is -0.204. The average molecular weight is 505 g/mol. The minimum absolute atomic E-state index is 0.0170. The standard InChI is InChI=1S/C26H28N6O5/c1-16(2)22-12-32(31-30-22)13-25(33)29-17-4-6-18(7-5-17)37-26-20-10-23(34-3)24(11-21(20)27-15-28-26)36-19-8-9-35-14-19/h4-7,10-12,15-16,19H,8-9,13-14H2,1-3H3,(H,29,33). The third kappa shape index (κ3) is 5.78. The number of carbonyl (C=O) groups is 1. The zero-order valence-corrected chi connectivity index (χ0v) is 20.9. The summed E-state index contributed by atoms with van der Waals surface area (Å²) in [5, 5.41) is 11.6. The van der Waals surface area contributed by atoms with E-state index in [0.717, 1.165) is 12.1 Å². The van der Waals surface area contributed by atoms with Gasteiger partial charge in [-0.2, -0.15) is 0 Å². The smallest absolute Gasteiger partial charge is 0.246 e. The number of amides is 1. The molecule has 0 saturated carbocycles. The van der Waals surface area contributed by atoms with Gasteiger partial charge in [-0.05, 0) is 36.2 Å². The number of methoxy groups -OCH3 is 1. The molecule has 1 aliphatic rings. The van der Waals surface area contributed by atoms with E-state index in [9.17, 15) is 4.79 Å². The molecule has 5 rings (SSSR count). The van der Waals surface area contributed by atoms with Gasteiger partial charge in [0, 0.05) is 24.4 Å². The van der Waals surface area contributed by atoms with Crippen LogP contribution in [0.25, 0.3) is 10.9 Å². The molecule has 2 aromatic carbocycles. The molecule has 1 N–H and O–H groups in total. The number of ether oxygens (including phenoxy) is 4. The number of nitrogens with one attached hydrogen (secondary N) is 1. The third-order valence-corrected chi connectivity index (χ3v) is 5.87. The fourth-order valence-electron chi connectivity index (χ4n) is 3.88. The lowest BCUT2D eigenvalue weighted by Crippen LogP contribution is -2.19. The first-order valence-electron chi connectivity index (χ1n) is 12.0. The van der Waals surface area contributed by atoms with Crippen LogP contribution >= 0.6 is 0 Å². The molecule has 1 amide bonds. The topological polar surface area (TPSA) is 123 Å². The molecule has 1 aliphatic heterocycles. The maximum Gasteiger partial charge on any atom is 0.246 e. The van der Waals surface area contributed by atoms with Crippen LogP contribution in [0.1, 0.15) is 31.9 Å². The van der Waals surface area contributed by atoms with Gasteiger partial charge in [0.25, 0.3) is 0 Å². The summed E-state index contributed by atoms with van der Waals surface area (Å²) >= 11 is 0. The second-order valence-electron chi connectivity index (χ2n) is 8.97.